The van der Waals surface area contributed by atoms with Gasteiger partial charge in [0.1, 0.15) is 0 Å². The van der Waals surface area contributed by atoms with Gasteiger partial charge in [0.15, 0.2) is 0 Å². The van der Waals surface area contributed by atoms with E-state index in [-0.39, 0.29) is 6.10 Å². The maximum atomic E-state index is 11.2. The molecule has 0 bridgehead atoms. The Labute approximate surface area is 88.4 Å². The number of nitrogens with two attached hydrogens (primary N) is 1. The molecular formula is C11H14N2O2. The fraction of sp³-hybridized carbons (Fsp3) is 0.364. The van der Waals surface area contributed by atoms with E-state index in [9.17, 15) is 4.79 Å². The molecule has 1 atom stereocenters. The molecule has 3 N–H and O–H groups in total. The Hall–Kier alpha value is -1.39. The number of amides is 1. The van der Waals surface area contributed by atoms with Crippen molar-refractivity contribution in [2.24, 2.45) is 5.73 Å². The van der Waals surface area contributed by atoms with Gasteiger partial charge in [0.2, 0.25) is 5.91 Å². The number of morpholine rings is 1. The Morgan fingerprint density at radius 1 is 1.47 bits per heavy atom. The first kappa shape index (κ1) is 10.1. The normalized spacial score (nSPS) is 21.2. The van der Waals surface area contributed by atoms with Crippen LogP contribution in [0.3, 0.4) is 0 Å². The number of carbonyl (C=O) groups excluding carboxylic acids is 1. The van der Waals surface area contributed by atoms with Crippen molar-refractivity contribution in [2.45, 2.75) is 6.10 Å². The molecular weight excluding hydrogens is 192 g/mol. The van der Waals surface area contributed by atoms with Gasteiger partial charge in [0, 0.05) is 18.7 Å². The third kappa shape index (κ3) is 2.16. The van der Waals surface area contributed by atoms with Gasteiger partial charge >= 0.3 is 0 Å². The number of rotatable bonds is 2. The molecule has 4 heteroatoms. The second kappa shape index (κ2) is 4.42. The highest BCUT2D eigenvalue weighted by atomic mass is 16.5. The molecule has 4 nitrogen and oxygen atoms in total. The smallest absolute Gasteiger partial charge is 0.249 e. The van der Waals surface area contributed by atoms with Crippen molar-refractivity contribution < 1.29 is 9.53 Å². The van der Waals surface area contributed by atoms with Crippen molar-refractivity contribution in [1.82, 2.24) is 5.32 Å². The molecule has 1 amide bonds. The van der Waals surface area contributed by atoms with E-state index in [1.807, 2.05) is 12.1 Å². The van der Waals surface area contributed by atoms with Crippen molar-refractivity contribution in [1.29, 1.82) is 0 Å². The first-order valence-electron chi connectivity index (χ1n) is 5.00. The lowest BCUT2D eigenvalue weighted by molar-refractivity contribution is 0.0271. The molecule has 1 aliphatic rings. The lowest BCUT2D eigenvalue weighted by Crippen LogP contribution is -2.34. The Morgan fingerprint density at radius 3 is 2.93 bits per heavy atom. The average molecular weight is 206 g/mol. The Kier molecular flexibility index (Phi) is 2.99. The van der Waals surface area contributed by atoms with Gasteiger partial charge in [-0.3, -0.25) is 4.79 Å². The molecule has 0 radical (unpaired) electrons. The fourth-order valence-electron chi connectivity index (χ4n) is 1.77. The minimum absolute atomic E-state index is 0.0672. The lowest BCUT2D eigenvalue weighted by Gasteiger charge is -2.25. The molecule has 2 rings (SSSR count). The van der Waals surface area contributed by atoms with Crippen LogP contribution in [0.2, 0.25) is 0 Å². The maximum absolute atomic E-state index is 11.2. The minimum Gasteiger partial charge on any atom is -0.371 e. The van der Waals surface area contributed by atoms with E-state index in [0.717, 1.165) is 18.7 Å². The molecule has 1 fully saturated rings. The van der Waals surface area contributed by atoms with E-state index in [1.165, 1.54) is 0 Å². The van der Waals surface area contributed by atoms with Gasteiger partial charge in [-0.2, -0.15) is 0 Å². The van der Waals surface area contributed by atoms with E-state index in [0.29, 0.717) is 12.2 Å². The van der Waals surface area contributed by atoms with Crippen LogP contribution in [0, 0.1) is 0 Å². The summed E-state index contributed by atoms with van der Waals surface area (Å²) < 4.78 is 5.58. The SMILES string of the molecule is NC(=O)c1ccccc1C1CNCCO1. The number of nitrogens with one attached hydrogen (secondary N) is 1. The molecule has 15 heavy (non-hydrogen) atoms. The summed E-state index contributed by atoms with van der Waals surface area (Å²) in [5.41, 5.74) is 6.73. The molecule has 80 valence electrons. The van der Waals surface area contributed by atoms with Gasteiger partial charge in [0.25, 0.3) is 0 Å². The van der Waals surface area contributed by atoms with Crippen LogP contribution in [-0.4, -0.2) is 25.6 Å². The van der Waals surface area contributed by atoms with E-state index in [4.69, 9.17) is 10.5 Å². The zero-order valence-corrected chi connectivity index (χ0v) is 8.40. The van der Waals surface area contributed by atoms with Crippen LogP contribution in [0.15, 0.2) is 24.3 Å². The van der Waals surface area contributed by atoms with Crippen molar-refractivity contribution in [3.63, 3.8) is 0 Å². The van der Waals surface area contributed by atoms with Crippen LogP contribution in [-0.2, 0) is 4.74 Å². The first-order chi connectivity index (χ1) is 7.29. The summed E-state index contributed by atoms with van der Waals surface area (Å²) in [6.07, 6.45) is -0.0672. The number of carbonyl (C=O) groups is 1. The molecule has 1 unspecified atom stereocenters. The van der Waals surface area contributed by atoms with Crippen molar-refractivity contribution in [3.05, 3.63) is 35.4 Å². The van der Waals surface area contributed by atoms with Gasteiger partial charge in [-0.1, -0.05) is 18.2 Å². The first-order valence-corrected chi connectivity index (χ1v) is 5.00. The predicted octanol–water partition coefficient (Wildman–Crippen LogP) is 0.446. The number of hydrogen-bond donors (Lipinski definition) is 2. The second-order valence-electron chi connectivity index (χ2n) is 3.52. The van der Waals surface area contributed by atoms with E-state index >= 15 is 0 Å². The number of primary amides is 1. The molecule has 0 aromatic heterocycles. The fourth-order valence-corrected chi connectivity index (χ4v) is 1.77. The molecule has 0 aliphatic carbocycles. The summed E-state index contributed by atoms with van der Waals surface area (Å²) in [4.78, 5) is 11.2. The molecule has 0 spiro atoms. The highest BCUT2D eigenvalue weighted by Crippen LogP contribution is 2.22. The van der Waals surface area contributed by atoms with Crippen LogP contribution in [0.5, 0.6) is 0 Å². The molecule has 1 heterocycles. The van der Waals surface area contributed by atoms with Crippen LogP contribution < -0.4 is 11.1 Å². The standard InChI is InChI=1S/C11H14N2O2/c12-11(14)9-4-2-1-3-8(9)10-7-13-5-6-15-10/h1-4,10,13H,5-7H2,(H2,12,14). The van der Waals surface area contributed by atoms with Gasteiger partial charge in [-0.15, -0.1) is 0 Å². The van der Waals surface area contributed by atoms with Crippen molar-refractivity contribution in [3.8, 4) is 0 Å². The van der Waals surface area contributed by atoms with Crippen LogP contribution in [0.1, 0.15) is 22.0 Å². The minimum atomic E-state index is -0.403. The molecule has 1 aliphatic heterocycles. The van der Waals surface area contributed by atoms with Crippen molar-refractivity contribution >= 4 is 5.91 Å². The summed E-state index contributed by atoms with van der Waals surface area (Å²) >= 11 is 0. The monoisotopic (exact) mass is 206 g/mol. The average Bonchev–Trinajstić information content (AvgIpc) is 2.30. The lowest BCUT2D eigenvalue weighted by atomic mass is 10.0. The number of benzene rings is 1. The van der Waals surface area contributed by atoms with E-state index < -0.39 is 5.91 Å². The Bertz CT molecular complexity index is 359. The summed E-state index contributed by atoms with van der Waals surface area (Å²) in [7, 11) is 0. The van der Waals surface area contributed by atoms with Gasteiger partial charge < -0.3 is 15.8 Å². The Balaban J connectivity index is 2.29. The van der Waals surface area contributed by atoms with Crippen LogP contribution >= 0.6 is 0 Å². The highest BCUT2D eigenvalue weighted by molar-refractivity contribution is 5.94. The van der Waals surface area contributed by atoms with Crippen LogP contribution in [0.25, 0.3) is 0 Å². The summed E-state index contributed by atoms with van der Waals surface area (Å²) in [5, 5.41) is 3.22. The topological polar surface area (TPSA) is 64.4 Å². The third-order valence-electron chi connectivity index (χ3n) is 2.50. The maximum Gasteiger partial charge on any atom is 0.249 e. The summed E-state index contributed by atoms with van der Waals surface area (Å²) in [5.74, 6) is -0.403. The number of hydrogen-bond acceptors (Lipinski definition) is 3. The van der Waals surface area contributed by atoms with E-state index in [2.05, 4.69) is 5.32 Å². The van der Waals surface area contributed by atoms with E-state index in [1.54, 1.807) is 12.1 Å². The molecule has 1 aromatic rings. The zero-order valence-electron chi connectivity index (χ0n) is 8.40. The quantitative estimate of drug-likeness (QED) is 0.738. The summed E-state index contributed by atoms with van der Waals surface area (Å²) in [6, 6.07) is 7.31. The van der Waals surface area contributed by atoms with Gasteiger partial charge in [0.05, 0.1) is 12.7 Å². The molecule has 0 saturated carbocycles. The highest BCUT2D eigenvalue weighted by Gasteiger charge is 2.20. The second-order valence-corrected chi connectivity index (χ2v) is 3.52. The third-order valence-corrected chi connectivity index (χ3v) is 2.50. The molecule has 1 saturated heterocycles. The van der Waals surface area contributed by atoms with Gasteiger partial charge in [-0.25, -0.2) is 0 Å². The largest absolute Gasteiger partial charge is 0.371 e. The summed E-state index contributed by atoms with van der Waals surface area (Å²) in [6.45, 7) is 2.25. The Morgan fingerprint density at radius 2 is 2.27 bits per heavy atom. The molecule has 1 aromatic carbocycles. The van der Waals surface area contributed by atoms with Crippen LogP contribution in [0.4, 0.5) is 0 Å². The van der Waals surface area contributed by atoms with Crippen molar-refractivity contribution in [2.75, 3.05) is 19.7 Å². The number of ether oxygens (including phenoxy) is 1. The van der Waals surface area contributed by atoms with Gasteiger partial charge in [-0.05, 0) is 11.6 Å². The zero-order chi connectivity index (χ0) is 10.7. The predicted molar refractivity (Wildman–Crippen MR) is 56.5 cm³/mol.